The van der Waals surface area contributed by atoms with Gasteiger partial charge in [0.2, 0.25) is 0 Å². The second-order valence-corrected chi connectivity index (χ2v) is 7.56. The molecule has 0 radical (unpaired) electrons. The van der Waals surface area contributed by atoms with Gasteiger partial charge in [0.25, 0.3) is 0 Å². The quantitative estimate of drug-likeness (QED) is 0.614. The smallest absolute Gasteiger partial charge is 0.194 e. The van der Waals surface area contributed by atoms with E-state index in [4.69, 9.17) is 26.1 Å². The number of rotatable bonds is 5. The SMILES string of the molecule is CCNC(=NCC1(OC)CCOCC1)N1CCN(c2cccc(Cl)c2)CC1. The molecule has 7 heteroatoms. The van der Waals surface area contributed by atoms with Gasteiger partial charge in [-0.1, -0.05) is 17.7 Å². The standard InChI is InChI=1S/C20H31ClN4O2/c1-3-22-19(23-16-20(26-2)7-13-27-14-8-20)25-11-9-24(10-12-25)18-6-4-5-17(21)15-18/h4-6,15H,3,7-14,16H2,1-2H3,(H,22,23). The Hall–Kier alpha value is -1.50. The predicted molar refractivity (Wildman–Crippen MR) is 111 cm³/mol. The van der Waals surface area contributed by atoms with Gasteiger partial charge in [-0.15, -0.1) is 0 Å². The summed E-state index contributed by atoms with van der Waals surface area (Å²) in [4.78, 5) is 9.64. The molecular formula is C20H31ClN4O2. The van der Waals surface area contributed by atoms with E-state index >= 15 is 0 Å². The van der Waals surface area contributed by atoms with E-state index in [1.54, 1.807) is 7.11 Å². The first-order valence-electron chi connectivity index (χ1n) is 9.82. The number of benzene rings is 1. The fraction of sp³-hybridized carbons (Fsp3) is 0.650. The third kappa shape index (κ3) is 5.27. The summed E-state index contributed by atoms with van der Waals surface area (Å²) in [5.74, 6) is 0.978. The van der Waals surface area contributed by atoms with Crippen LogP contribution < -0.4 is 10.2 Å². The van der Waals surface area contributed by atoms with Crippen molar-refractivity contribution in [3.05, 3.63) is 29.3 Å². The second-order valence-electron chi connectivity index (χ2n) is 7.12. The summed E-state index contributed by atoms with van der Waals surface area (Å²) in [6, 6.07) is 8.07. The molecule has 2 heterocycles. The van der Waals surface area contributed by atoms with Gasteiger partial charge in [0.1, 0.15) is 0 Å². The highest BCUT2D eigenvalue weighted by Gasteiger charge is 2.32. The highest BCUT2D eigenvalue weighted by Crippen LogP contribution is 2.25. The van der Waals surface area contributed by atoms with Crippen LogP contribution in [0.5, 0.6) is 0 Å². The number of guanidine groups is 1. The van der Waals surface area contributed by atoms with E-state index < -0.39 is 0 Å². The van der Waals surface area contributed by atoms with Crippen molar-refractivity contribution in [2.75, 3.05) is 64.5 Å². The number of ether oxygens (including phenoxy) is 2. The number of hydrogen-bond donors (Lipinski definition) is 1. The van der Waals surface area contributed by atoms with Crippen LogP contribution in [-0.2, 0) is 9.47 Å². The Labute approximate surface area is 167 Å². The Morgan fingerprint density at radius 1 is 1.26 bits per heavy atom. The molecule has 0 aromatic heterocycles. The maximum atomic E-state index is 6.14. The fourth-order valence-corrected chi connectivity index (χ4v) is 3.85. The maximum Gasteiger partial charge on any atom is 0.194 e. The topological polar surface area (TPSA) is 49.3 Å². The van der Waals surface area contributed by atoms with E-state index in [-0.39, 0.29) is 5.60 Å². The fourth-order valence-electron chi connectivity index (χ4n) is 3.66. The zero-order valence-electron chi connectivity index (χ0n) is 16.4. The number of methoxy groups -OCH3 is 1. The summed E-state index contributed by atoms with van der Waals surface area (Å²) < 4.78 is 11.3. The molecule has 0 spiro atoms. The molecule has 1 N–H and O–H groups in total. The number of anilines is 1. The molecule has 0 aliphatic carbocycles. The lowest BCUT2D eigenvalue weighted by atomic mass is 9.94. The van der Waals surface area contributed by atoms with Crippen LogP contribution >= 0.6 is 11.6 Å². The molecule has 6 nitrogen and oxygen atoms in total. The van der Waals surface area contributed by atoms with Crippen molar-refractivity contribution in [3.63, 3.8) is 0 Å². The van der Waals surface area contributed by atoms with E-state index in [9.17, 15) is 0 Å². The van der Waals surface area contributed by atoms with Crippen molar-refractivity contribution in [1.29, 1.82) is 0 Å². The molecule has 0 saturated carbocycles. The first-order valence-corrected chi connectivity index (χ1v) is 10.2. The van der Waals surface area contributed by atoms with E-state index in [0.717, 1.165) is 69.8 Å². The average molecular weight is 395 g/mol. The van der Waals surface area contributed by atoms with Crippen LogP contribution in [0.4, 0.5) is 5.69 Å². The molecule has 2 aliphatic heterocycles. The van der Waals surface area contributed by atoms with Gasteiger partial charge in [-0.05, 0) is 25.1 Å². The molecule has 0 bridgehead atoms. The van der Waals surface area contributed by atoms with Gasteiger partial charge in [-0.2, -0.15) is 0 Å². The molecule has 27 heavy (non-hydrogen) atoms. The van der Waals surface area contributed by atoms with Crippen molar-refractivity contribution < 1.29 is 9.47 Å². The summed E-state index contributed by atoms with van der Waals surface area (Å²) in [5, 5.41) is 4.23. The molecular weight excluding hydrogens is 364 g/mol. The van der Waals surface area contributed by atoms with Crippen LogP contribution in [0.25, 0.3) is 0 Å². The van der Waals surface area contributed by atoms with Crippen LogP contribution in [0, 0.1) is 0 Å². The first-order chi connectivity index (χ1) is 13.2. The van der Waals surface area contributed by atoms with Crippen LogP contribution in [0.2, 0.25) is 5.02 Å². The summed E-state index contributed by atoms with van der Waals surface area (Å²) in [6.45, 7) is 8.90. The Bertz CT molecular complexity index is 626. The number of nitrogens with one attached hydrogen (secondary N) is 1. The number of halogens is 1. The molecule has 0 unspecified atom stereocenters. The lowest BCUT2D eigenvalue weighted by Gasteiger charge is -2.39. The number of piperazine rings is 1. The Morgan fingerprint density at radius 2 is 2.00 bits per heavy atom. The Morgan fingerprint density at radius 3 is 2.63 bits per heavy atom. The molecule has 2 aliphatic rings. The minimum Gasteiger partial charge on any atom is -0.381 e. The highest BCUT2D eigenvalue weighted by atomic mass is 35.5. The van der Waals surface area contributed by atoms with Crippen molar-refractivity contribution in [3.8, 4) is 0 Å². The number of aliphatic imine (C=N–C) groups is 1. The third-order valence-corrected chi connectivity index (χ3v) is 5.68. The minimum absolute atomic E-state index is 0.193. The normalized spacial score (nSPS) is 20.6. The summed E-state index contributed by atoms with van der Waals surface area (Å²) in [6.07, 6.45) is 1.80. The zero-order valence-corrected chi connectivity index (χ0v) is 17.2. The van der Waals surface area contributed by atoms with E-state index in [1.807, 2.05) is 18.2 Å². The molecule has 1 aromatic carbocycles. The molecule has 2 saturated heterocycles. The van der Waals surface area contributed by atoms with Gasteiger partial charge in [0.15, 0.2) is 5.96 Å². The lowest BCUT2D eigenvalue weighted by molar-refractivity contribution is -0.0829. The number of hydrogen-bond acceptors (Lipinski definition) is 4. The number of nitrogens with zero attached hydrogens (tertiary/aromatic N) is 3. The average Bonchev–Trinajstić information content (AvgIpc) is 2.72. The zero-order chi connectivity index (χ0) is 19.1. The highest BCUT2D eigenvalue weighted by molar-refractivity contribution is 6.30. The van der Waals surface area contributed by atoms with E-state index in [0.29, 0.717) is 6.54 Å². The summed E-state index contributed by atoms with van der Waals surface area (Å²) in [7, 11) is 1.79. The van der Waals surface area contributed by atoms with Crippen LogP contribution in [-0.4, -0.2) is 76.1 Å². The van der Waals surface area contributed by atoms with Gasteiger partial charge in [0.05, 0.1) is 12.1 Å². The first kappa shape index (κ1) is 20.2. The van der Waals surface area contributed by atoms with Crippen molar-refractivity contribution in [1.82, 2.24) is 10.2 Å². The Balaban J connectivity index is 1.62. The third-order valence-electron chi connectivity index (χ3n) is 5.44. The maximum absolute atomic E-state index is 6.14. The van der Waals surface area contributed by atoms with Gasteiger partial charge in [-0.3, -0.25) is 4.99 Å². The minimum atomic E-state index is -0.193. The molecule has 0 amide bonds. The molecule has 1 aromatic rings. The van der Waals surface area contributed by atoms with E-state index in [2.05, 4.69) is 28.1 Å². The second kappa shape index (κ2) is 9.62. The van der Waals surface area contributed by atoms with Gasteiger partial charge < -0.3 is 24.6 Å². The van der Waals surface area contributed by atoms with Gasteiger partial charge in [0, 0.05) is 76.6 Å². The van der Waals surface area contributed by atoms with Crippen LogP contribution in [0.1, 0.15) is 19.8 Å². The molecule has 3 rings (SSSR count). The van der Waals surface area contributed by atoms with Crippen LogP contribution in [0.3, 0.4) is 0 Å². The van der Waals surface area contributed by atoms with Gasteiger partial charge in [-0.25, -0.2) is 0 Å². The summed E-state index contributed by atoms with van der Waals surface area (Å²) in [5.41, 5.74) is 0.992. The molecule has 150 valence electrons. The monoisotopic (exact) mass is 394 g/mol. The predicted octanol–water partition coefficient (Wildman–Crippen LogP) is 2.62. The largest absolute Gasteiger partial charge is 0.381 e. The van der Waals surface area contributed by atoms with Gasteiger partial charge >= 0.3 is 0 Å². The molecule has 0 atom stereocenters. The summed E-state index contributed by atoms with van der Waals surface area (Å²) >= 11 is 6.14. The van der Waals surface area contributed by atoms with Crippen molar-refractivity contribution >= 4 is 23.2 Å². The molecule has 2 fully saturated rings. The Kier molecular flexibility index (Phi) is 7.21. The van der Waals surface area contributed by atoms with Crippen LogP contribution in [0.15, 0.2) is 29.3 Å². The van der Waals surface area contributed by atoms with Crippen molar-refractivity contribution in [2.45, 2.75) is 25.4 Å². The lowest BCUT2D eigenvalue weighted by Crippen LogP contribution is -2.53. The van der Waals surface area contributed by atoms with E-state index in [1.165, 1.54) is 5.69 Å². The van der Waals surface area contributed by atoms with Crippen molar-refractivity contribution in [2.24, 2.45) is 4.99 Å².